The standard InChI is InChI=1S/C18H17NO3/c1-19(10-11-20)17-12-16(21)15-9-5-8-14(18(15)22-17)13-6-3-2-4-7-13/h2-9,12,20H,10-11H2,1H3. The maximum atomic E-state index is 12.3. The van der Waals surface area contributed by atoms with Crippen molar-refractivity contribution in [2.45, 2.75) is 0 Å². The van der Waals surface area contributed by atoms with Crippen LogP contribution in [-0.4, -0.2) is 25.3 Å². The quantitative estimate of drug-likeness (QED) is 0.804. The lowest BCUT2D eigenvalue weighted by Crippen LogP contribution is -2.22. The minimum absolute atomic E-state index is 0.00141. The molecule has 1 heterocycles. The van der Waals surface area contributed by atoms with E-state index in [0.29, 0.717) is 23.4 Å². The average molecular weight is 295 g/mol. The Morgan fingerprint density at radius 1 is 1.09 bits per heavy atom. The molecule has 1 aromatic heterocycles. The molecule has 0 saturated heterocycles. The van der Waals surface area contributed by atoms with Crippen molar-refractivity contribution in [1.82, 2.24) is 0 Å². The Morgan fingerprint density at radius 3 is 2.59 bits per heavy atom. The Kier molecular flexibility index (Phi) is 3.94. The lowest BCUT2D eigenvalue weighted by Gasteiger charge is -2.17. The molecule has 0 unspecified atom stereocenters. The Labute approximate surface area is 128 Å². The molecule has 0 saturated carbocycles. The number of fused-ring (bicyclic) bond motifs is 1. The third-order valence-electron chi connectivity index (χ3n) is 3.64. The summed E-state index contributed by atoms with van der Waals surface area (Å²) in [5, 5.41) is 9.61. The van der Waals surface area contributed by atoms with Gasteiger partial charge in [-0.25, -0.2) is 0 Å². The normalized spacial score (nSPS) is 10.8. The lowest BCUT2D eigenvalue weighted by atomic mass is 10.0. The molecule has 0 aliphatic carbocycles. The molecule has 0 bridgehead atoms. The van der Waals surface area contributed by atoms with Crippen molar-refractivity contribution in [1.29, 1.82) is 0 Å². The highest BCUT2D eigenvalue weighted by Crippen LogP contribution is 2.29. The van der Waals surface area contributed by atoms with Gasteiger partial charge in [-0.1, -0.05) is 42.5 Å². The van der Waals surface area contributed by atoms with Crippen LogP contribution in [0.2, 0.25) is 0 Å². The smallest absolute Gasteiger partial charge is 0.199 e. The third kappa shape index (κ3) is 2.61. The molecule has 0 atom stereocenters. The van der Waals surface area contributed by atoms with E-state index in [1.807, 2.05) is 42.5 Å². The number of rotatable bonds is 4. The van der Waals surface area contributed by atoms with Gasteiger partial charge in [0.05, 0.1) is 12.0 Å². The second-order valence-corrected chi connectivity index (χ2v) is 5.14. The fourth-order valence-corrected chi connectivity index (χ4v) is 2.46. The second kappa shape index (κ2) is 6.03. The van der Waals surface area contributed by atoms with Crippen LogP contribution in [-0.2, 0) is 0 Å². The molecule has 0 fully saturated rings. The summed E-state index contributed by atoms with van der Waals surface area (Å²) in [6, 6.07) is 16.9. The van der Waals surface area contributed by atoms with Gasteiger partial charge in [-0.3, -0.25) is 4.79 Å². The van der Waals surface area contributed by atoms with Gasteiger partial charge in [-0.15, -0.1) is 0 Å². The molecule has 3 rings (SSSR count). The van der Waals surface area contributed by atoms with E-state index in [2.05, 4.69) is 0 Å². The topological polar surface area (TPSA) is 53.7 Å². The van der Waals surface area contributed by atoms with Crippen LogP contribution in [0, 0.1) is 0 Å². The van der Waals surface area contributed by atoms with Crippen LogP contribution in [0.3, 0.4) is 0 Å². The highest BCUT2D eigenvalue weighted by molar-refractivity contribution is 5.92. The van der Waals surface area contributed by atoms with Gasteiger partial charge in [0.25, 0.3) is 0 Å². The maximum Gasteiger partial charge on any atom is 0.199 e. The molecule has 0 spiro atoms. The SMILES string of the molecule is CN(CCO)c1cc(=O)c2cccc(-c3ccccc3)c2o1. The molecular formula is C18H17NO3. The van der Waals surface area contributed by atoms with Gasteiger partial charge in [0.15, 0.2) is 11.3 Å². The number of aliphatic hydroxyl groups excluding tert-OH is 1. The van der Waals surface area contributed by atoms with E-state index in [4.69, 9.17) is 9.52 Å². The Hall–Kier alpha value is -2.59. The fourth-order valence-electron chi connectivity index (χ4n) is 2.46. The summed E-state index contributed by atoms with van der Waals surface area (Å²) in [4.78, 5) is 14.1. The molecule has 112 valence electrons. The van der Waals surface area contributed by atoms with Crippen LogP contribution in [0.5, 0.6) is 0 Å². The highest BCUT2D eigenvalue weighted by atomic mass is 16.4. The predicted octanol–water partition coefficient (Wildman–Crippen LogP) is 2.89. The van der Waals surface area contributed by atoms with E-state index < -0.39 is 0 Å². The summed E-state index contributed by atoms with van der Waals surface area (Å²) in [5.41, 5.74) is 2.37. The zero-order valence-electron chi connectivity index (χ0n) is 12.3. The number of nitrogens with zero attached hydrogens (tertiary/aromatic N) is 1. The molecule has 4 heteroatoms. The molecule has 0 aliphatic rings. The van der Waals surface area contributed by atoms with E-state index in [9.17, 15) is 4.79 Å². The van der Waals surface area contributed by atoms with Gasteiger partial charge < -0.3 is 14.4 Å². The Bertz CT molecular complexity index is 840. The number of hydrogen-bond acceptors (Lipinski definition) is 4. The first-order valence-corrected chi connectivity index (χ1v) is 7.15. The van der Waals surface area contributed by atoms with Gasteiger partial charge in [-0.2, -0.15) is 0 Å². The largest absolute Gasteiger partial charge is 0.440 e. The Morgan fingerprint density at radius 2 is 1.86 bits per heavy atom. The van der Waals surface area contributed by atoms with Gasteiger partial charge >= 0.3 is 0 Å². The van der Waals surface area contributed by atoms with Crippen molar-refractivity contribution in [3.8, 4) is 11.1 Å². The van der Waals surface area contributed by atoms with Crippen molar-refractivity contribution in [2.24, 2.45) is 0 Å². The number of para-hydroxylation sites is 1. The van der Waals surface area contributed by atoms with Gasteiger partial charge in [0.1, 0.15) is 5.58 Å². The first-order chi connectivity index (χ1) is 10.7. The van der Waals surface area contributed by atoms with Crippen LogP contribution < -0.4 is 10.3 Å². The van der Waals surface area contributed by atoms with Crippen LogP contribution in [0.1, 0.15) is 0 Å². The first-order valence-electron chi connectivity index (χ1n) is 7.15. The molecular weight excluding hydrogens is 278 g/mol. The van der Waals surface area contributed by atoms with Crippen LogP contribution >= 0.6 is 0 Å². The monoisotopic (exact) mass is 295 g/mol. The van der Waals surface area contributed by atoms with Crippen molar-refractivity contribution >= 4 is 16.9 Å². The van der Waals surface area contributed by atoms with E-state index >= 15 is 0 Å². The van der Waals surface area contributed by atoms with E-state index in [1.165, 1.54) is 6.07 Å². The number of anilines is 1. The molecule has 0 amide bonds. The van der Waals surface area contributed by atoms with Gasteiger partial charge in [-0.05, 0) is 11.6 Å². The van der Waals surface area contributed by atoms with Crippen LogP contribution in [0.25, 0.3) is 22.1 Å². The fraction of sp³-hybridized carbons (Fsp3) is 0.167. The number of benzene rings is 2. The molecule has 3 aromatic rings. The van der Waals surface area contributed by atoms with E-state index in [1.54, 1.807) is 18.0 Å². The summed E-state index contributed by atoms with van der Waals surface area (Å²) in [5.74, 6) is 0.454. The van der Waals surface area contributed by atoms with Gasteiger partial charge in [0, 0.05) is 25.2 Å². The lowest BCUT2D eigenvalue weighted by molar-refractivity contribution is 0.302. The number of aliphatic hydroxyl groups is 1. The average Bonchev–Trinajstić information content (AvgIpc) is 2.55. The maximum absolute atomic E-state index is 12.3. The van der Waals surface area contributed by atoms with Crippen LogP contribution in [0.15, 0.2) is 63.8 Å². The second-order valence-electron chi connectivity index (χ2n) is 5.14. The molecule has 2 aromatic carbocycles. The zero-order chi connectivity index (χ0) is 15.5. The van der Waals surface area contributed by atoms with Crippen molar-refractivity contribution in [2.75, 3.05) is 25.1 Å². The summed E-state index contributed by atoms with van der Waals surface area (Å²) >= 11 is 0. The summed E-state index contributed by atoms with van der Waals surface area (Å²) < 4.78 is 5.96. The van der Waals surface area contributed by atoms with E-state index in [-0.39, 0.29) is 12.0 Å². The molecule has 4 nitrogen and oxygen atoms in total. The Balaban J connectivity index is 2.24. The minimum Gasteiger partial charge on any atom is -0.440 e. The molecule has 22 heavy (non-hydrogen) atoms. The number of hydrogen-bond donors (Lipinski definition) is 1. The minimum atomic E-state index is -0.0844. The zero-order valence-corrected chi connectivity index (χ0v) is 12.3. The van der Waals surface area contributed by atoms with Gasteiger partial charge in [0.2, 0.25) is 0 Å². The summed E-state index contributed by atoms with van der Waals surface area (Å²) in [7, 11) is 1.78. The summed E-state index contributed by atoms with van der Waals surface area (Å²) in [6.07, 6.45) is 0. The molecule has 0 radical (unpaired) electrons. The van der Waals surface area contributed by atoms with Crippen molar-refractivity contribution in [3.05, 3.63) is 64.8 Å². The molecule has 0 aliphatic heterocycles. The predicted molar refractivity (Wildman–Crippen MR) is 88.3 cm³/mol. The third-order valence-corrected chi connectivity index (χ3v) is 3.64. The number of likely N-dealkylation sites (N-methyl/N-ethyl adjacent to an activating group) is 1. The van der Waals surface area contributed by atoms with Crippen molar-refractivity contribution < 1.29 is 9.52 Å². The van der Waals surface area contributed by atoms with Crippen LogP contribution in [0.4, 0.5) is 5.88 Å². The summed E-state index contributed by atoms with van der Waals surface area (Å²) in [6.45, 7) is 0.403. The highest BCUT2D eigenvalue weighted by Gasteiger charge is 2.12. The van der Waals surface area contributed by atoms with Crippen molar-refractivity contribution in [3.63, 3.8) is 0 Å². The first kappa shape index (κ1) is 14.4. The molecule has 1 N–H and O–H groups in total. The van der Waals surface area contributed by atoms with E-state index in [0.717, 1.165) is 11.1 Å².